The number of carbonyl (C=O) groups excluding carboxylic acids is 1. The van der Waals surface area contributed by atoms with Crippen molar-refractivity contribution in [2.45, 2.75) is 90.1 Å². The monoisotopic (exact) mass is 329 g/mol. The highest BCUT2D eigenvalue weighted by atomic mass is 16.1. The highest BCUT2D eigenvalue weighted by molar-refractivity contribution is 5.79. The molecule has 1 fully saturated rings. The normalized spacial score (nSPS) is 23.5. The summed E-state index contributed by atoms with van der Waals surface area (Å²) >= 11 is 0. The molecule has 1 aromatic carbocycles. The predicted octanol–water partition coefficient (Wildman–Crippen LogP) is 5.31. The van der Waals surface area contributed by atoms with Crippen molar-refractivity contribution >= 4 is 5.78 Å². The minimum Gasteiger partial charge on any atom is -0.310 e. The number of hydrogen-bond acceptors (Lipinski definition) is 2. The zero-order chi connectivity index (χ0) is 17.2. The fraction of sp³-hybridized carbons (Fsp3) is 0.682. The molecule has 0 unspecified atom stereocenters. The summed E-state index contributed by atoms with van der Waals surface area (Å²) in [5.74, 6) is 0.547. The van der Waals surface area contributed by atoms with E-state index in [4.69, 9.17) is 0 Å². The number of rotatable bonds is 11. The Morgan fingerprint density at radius 3 is 2.38 bits per heavy atom. The molecule has 2 rings (SSSR count). The van der Waals surface area contributed by atoms with Gasteiger partial charge in [-0.3, -0.25) is 4.79 Å². The van der Waals surface area contributed by atoms with Crippen LogP contribution in [0.15, 0.2) is 30.3 Å². The second-order valence-corrected chi connectivity index (χ2v) is 7.52. The number of nitrogens with one attached hydrogen (secondary N) is 1. The first-order chi connectivity index (χ1) is 11.7. The van der Waals surface area contributed by atoms with E-state index in [0.717, 1.165) is 12.8 Å². The van der Waals surface area contributed by atoms with Crippen molar-refractivity contribution in [3.05, 3.63) is 35.9 Å². The van der Waals surface area contributed by atoms with Crippen molar-refractivity contribution in [1.29, 1.82) is 0 Å². The zero-order valence-electron chi connectivity index (χ0n) is 15.6. The first kappa shape index (κ1) is 19.2. The van der Waals surface area contributed by atoms with Crippen molar-refractivity contribution in [3.8, 4) is 0 Å². The van der Waals surface area contributed by atoms with Crippen LogP contribution in [-0.4, -0.2) is 17.9 Å². The van der Waals surface area contributed by atoms with Crippen LogP contribution in [0.3, 0.4) is 0 Å². The number of carbonyl (C=O) groups is 1. The summed E-state index contributed by atoms with van der Waals surface area (Å²) in [5, 5.41) is 3.76. The molecule has 0 spiro atoms. The van der Waals surface area contributed by atoms with Crippen LogP contribution in [0.1, 0.15) is 77.2 Å². The van der Waals surface area contributed by atoms with Crippen molar-refractivity contribution in [1.82, 2.24) is 5.32 Å². The van der Waals surface area contributed by atoms with Gasteiger partial charge in [0.1, 0.15) is 5.78 Å². The zero-order valence-corrected chi connectivity index (χ0v) is 15.6. The Labute approximate surface area is 148 Å². The SMILES string of the molecule is CCCCCCCCC[C@@H]1C[C@H](C(C)=O)[C@H](Cc2ccccc2)N1. The molecule has 1 saturated heterocycles. The van der Waals surface area contributed by atoms with E-state index in [0.29, 0.717) is 17.9 Å². The quantitative estimate of drug-likeness (QED) is 0.558. The van der Waals surface area contributed by atoms with E-state index < -0.39 is 0 Å². The Hall–Kier alpha value is -1.15. The predicted molar refractivity (Wildman–Crippen MR) is 102 cm³/mol. The van der Waals surface area contributed by atoms with Crippen LogP contribution in [0.25, 0.3) is 0 Å². The molecule has 1 aromatic rings. The number of hydrogen-bond donors (Lipinski definition) is 1. The number of ketones is 1. The Morgan fingerprint density at radius 1 is 1.04 bits per heavy atom. The maximum Gasteiger partial charge on any atom is 0.134 e. The van der Waals surface area contributed by atoms with Crippen LogP contribution in [0, 0.1) is 5.92 Å². The van der Waals surface area contributed by atoms with Gasteiger partial charge in [-0.1, -0.05) is 82.2 Å². The molecule has 0 bridgehead atoms. The summed E-state index contributed by atoms with van der Waals surface area (Å²) in [6, 6.07) is 11.4. The van der Waals surface area contributed by atoms with E-state index in [2.05, 4.69) is 42.6 Å². The smallest absolute Gasteiger partial charge is 0.134 e. The van der Waals surface area contributed by atoms with Gasteiger partial charge in [0.2, 0.25) is 0 Å². The third kappa shape index (κ3) is 6.39. The molecule has 24 heavy (non-hydrogen) atoms. The number of benzene rings is 1. The van der Waals surface area contributed by atoms with Gasteiger partial charge in [-0.25, -0.2) is 0 Å². The topological polar surface area (TPSA) is 29.1 Å². The van der Waals surface area contributed by atoms with E-state index in [1.54, 1.807) is 6.92 Å². The van der Waals surface area contributed by atoms with Gasteiger partial charge in [-0.15, -0.1) is 0 Å². The van der Waals surface area contributed by atoms with Gasteiger partial charge < -0.3 is 5.32 Å². The highest BCUT2D eigenvalue weighted by Gasteiger charge is 2.35. The minimum atomic E-state index is 0.194. The summed E-state index contributed by atoms with van der Waals surface area (Å²) in [7, 11) is 0. The highest BCUT2D eigenvalue weighted by Crippen LogP contribution is 2.27. The summed E-state index contributed by atoms with van der Waals surface area (Å²) in [6.45, 7) is 4.03. The molecule has 2 nitrogen and oxygen atoms in total. The lowest BCUT2D eigenvalue weighted by atomic mass is 9.90. The van der Waals surface area contributed by atoms with Gasteiger partial charge in [0.15, 0.2) is 0 Å². The van der Waals surface area contributed by atoms with E-state index >= 15 is 0 Å². The lowest BCUT2D eigenvalue weighted by Gasteiger charge is -2.17. The van der Waals surface area contributed by atoms with Crippen molar-refractivity contribution in [3.63, 3.8) is 0 Å². The lowest BCUT2D eigenvalue weighted by Crippen LogP contribution is -2.35. The molecular weight excluding hydrogens is 294 g/mol. The van der Waals surface area contributed by atoms with Gasteiger partial charge in [0.25, 0.3) is 0 Å². The van der Waals surface area contributed by atoms with Crippen LogP contribution in [0.2, 0.25) is 0 Å². The van der Waals surface area contributed by atoms with Crippen LogP contribution in [-0.2, 0) is 11.2 Å². The van der Waals surface area contributed by atoms with Gasteiger partial charge in [-0.2, -0.15) is 0 Å². The molecule has 1 aliphatic heterocycles. The Bertz CT molecular complexity index is 470. The number of Topliss-reactive ketones (excluding diaryl/α,β-unsaturated/α-hetero) is 1. The fourth-order valence-corrected chi connectivity index (χ4v) is 4.03. The molecule has 0 radical (unpaired) electrons. The average Bonchev–Trinajstić information content (AvgIpc) is 2.98. The molecule has 1 heterocycles. The minimum absolute atomic E-state index is 0.194. The third-order valence-corrected chi connectivity index (χ3v) is 5.45. The van der Waals surface area contributed by atoms with Gasteiger partial charge in [0, 0.05) is 18.0 Å². The molecule has 1 aliphatic rings. The molecule has 134 valence electrons. The van der Waals surface area contributed by atoms with Gasteiger partial charge in [-0.05, 0) is 31.7 Å². The van der Waals surface area contributed by atoms with Crippen molar-refractivity contribution in [2.75, 3.05) is 0 Å². The first-order valence-electron chi connectivity index (χ1n) is 10.0. The Morgan fingerprint density at radius 2 is 1.71 bits per heavy atom. The van der Waals surface area contributed by atoms with Gasteiger partial charge >= 0.3 is 0 Å². The standard InChI is InChI=1S/C22H35NO/c1-3-4-5-6-7-8-12-15-20-17-21(18(2)24)22(23-20)16-19-13-10-9-11-14-19/h9-11,13-14,20-23H,3-8,12,15-17H2,1-2H3/t20-,21-,22+/m1/s1. The molecule has 0 aliphatic carbocycles. The first-order valence-corrected chi connectivity index (χ1v) is 10.0. The Kier molecular flexibility index (Phi) is 8.52. The third-order valence-electron chi connectivity index (χ3n) is 5.45. The summed E-state index contributed by atoms with van der Waals surface area (Å²) in [6.07, 6.45) is 12.7. The van der Waals surface area contributed by atoms with E-state index in [1.807, 2.05) is 0 Å². The fourth-order valence-electron chi connectivity index (χ4n) is 4.03. The van der Waals surface area contributed by atoms with Crippen LogP contribution < -0.4 is 5.32 Å². The van der Waals surface area contributed by atoms with Crippen molar-refractivity contribution < 1.29 is 4.79 Å². The Balaban J connectivity index is 1.72. The second-order valence-electron chi connectivity index (χ2n) is 7.52. The molecular formula is C22H35NO. The molecule has 1 N–H and O–H groups in total. The summed E-state index contributed by atoms with van der Waals surface area (Å²) in [5.41, 5.74) is 1.33. The largest absolute Gasteiger partial charge is 0.310 e. The van der Waals surface area contributed by atoms with E-state index in [1.165, 1.54) is 56.9 Å². The molecule has 2 heteroatoms. The maximum absolute atomic E-state index is 12.0. The van der Waals surface area contributed by atoms with Crippen molar-refractivity contribution in [2.24, 2.45) is 5.92 Å². The second kappa shape index (κ2) is 10.7. The molecule has 0 amide bonds. The van der Waals surface area contributed by atoms with E-state index in [9.17, 15) is 4.79 Å². The summed E-state index contributed by atoms with van der Waals surface area (Å²) < 4.78 is 0. The number of unbranched alkanes of at least 4 members (excludes halogenated alkanes) is 6. The van der Waals surface area contributed by atoms with Crippen LogP contribution >= 0.6 is 0 Å². The van der Waals surface area contributed by atoms with E-state index in [-0.39, 0.29) is 5.92 Å². The summed E-state index contributed by atoms with van der Waals surface area (Å²) in [4.78, 5) is 12.0. The maximum atomic E-state index is 12.0. The van der Waals surface area contributed by atoms with Crippen LogP contribution in [0.5, 0.6) is 0 Å². The van der Waals surface area contributed by atoms with Crippen LogP contribution in [0.4, 0.5) is 0 Å². The molecule has 0 aromatic heterocycles. The molecule has 0 saturated carbocycles. The average molecular weight is 330 g/mol. The van der Waals surface area contributed by atoms with Gasteiger partial charge in [0.05, 0.1) is 0 Å². The lowest BCUT2D eigenvalue weighted by molar-refractivity contribution is -0.121. The molecule has 3 atom stereocenters.